The molecule has 1 N–H and O–H groups in total. The number of fused-ring (bicyclic) bond motifs is 1. The topological polar surface area (TPSA) is 41.8 Å². The lowest BCUT2D eigenvalue weighted by atomic mass is 10.2. The molecule has 2 aromatic carbocycles. The molecule has 0 atom stereocenters. The third kappa shape index (κ3) is 1.80. The summed E-state index contributed by atoms with van der Waals surface area (Å²) >= 11 is 0. The number of H-pyrrole nitrogens is 1. The molecule has 0 unspecified atom stereocenters. The number of aromatic nitrogens is 2. The van der Waals surface area contributed by atoms with Crippen molar-refractivity contribution >= 4 is 11.0 Å². The number of rotatable bonds is 2. The molecule has 0 amide bonds. The van der Waals surface area contributed by atoms with Crippen LogP contribution in [0.4, 0.5) is 0 Å². The van der Waals surface area contributed by atoms with Gasteiger partial charge in [-0.15, -0.1) is 0 Å². The van der Waals surface area contributed by atoms with E-state index in [4.69, 9.17) is 4.42 Å². The van der Waals surface area contributed by atoms with Crippen molar-refractivity contribution < 1.29 is 4.42 Å². The fourth-order valence-electron chi connectivity index (χ4n) is 2.29. The van der Waals surface area contributed by atoms with E-state index in [1.54, 1.807) is 0 Å². The van der Waals surface area contributed by atoms with Crippen LogP contribution in [0.3, 0.4) is 0 Å². The van der Waals surface area contributed by atoms with Crippen LogP contribution in [-0.4, -0.2) is 9.97 Å². The molecule has 2 heterocycles. The van der Waals surface area contributed by atoms with Gasteiger partial charge in [0.05, 0.1) is 11.0 Å². The zero-order valence-corrected chi connectivity index (χ0v) is 10.7. The highest BCUT2D eigenvalue weighted by molar-refractivity contribution is 5.78. The van der Waals surface area contributed by atoms with Crippen molar-refractivity contribution in [1.82, 2.24) is 9.97 Å². The Kier molecular flexibility index (Phi) is 2.42. The van der Waals surface area contributed by atoms with Gasteiger partial charge in [0.15, 0.2) is 11.6 Å². The lowest BCUT2D eigenvalue weighted by molar-refractivity contribution is 0.593. The second-order valence-electron chi connectivity index (χ2n) is 4.63. The van der Waals surface area contributed by atoms with Gasteiger partial charge in [-0.25, -0.2) is 4.98 Å². The molecule has 0 aliphatic heterocycles. The zero-order chi connectivity index (χ0) is 13.4. The average Bonchev–Trinajstić information content (AvgIpc) is 3.14. The molecular weight excluding hydrogens is 248 g/mol. The largest absolute Gasteiger partial charge is 0.453 e. The van der Waals surface area contributed by atoms with Crippen LogP contribution in [0.25, 0.3) is 33.9 Å². The minimum absolute atomic E-state index is 0.750. The van der Waals surface area contributed by atoms with Crippen LogP contribution in [0.2, 0.25) is 0 Å². The van der Waals surface area contributed by atoms with Gasteiger partial charge in [-0.2, -0.15) is 0 Å². The van der Waals surface area contributed by atoms with Crippen molar-refractivity contribution in [2.45, 2.75) is 0 Å². The first-order valence-corrected chi connectivity index (χ1v) is 6.50. The highest BCUT2D eigenvalue weighted by Gasteiger charge is 2.10. The number of hydrogen-bond donors (Lipinski definition) is 1. The van der Waals surface area contributed by atoms with Crippen molar-refractivity contribution in [1.29, 1.82) is 0 Å². The number of hydrogen-bond acceptors (Lipinski definition) is 2. The number of benzene rings is 2. The number of imidazole rings is 1. The summed E-state index contributed by atoms with van der Waals surface area (Å²) in [4.78, 5) is 7.81. The van der Waals surface area contributed by atoms with Crippen LogP contribution in [0.5, 0.6) is 0 Å². The van der Waals surface area contributed by atoms with Gasteiger partial charge in [0.25, 0.3) is 0 Å². The van der Waals surface area contributed by atoms with Gasteiger partial charge in [-0.05, 0) is 24.3 Å². The average molecular weight is 260 g/mol. The summed E-state index contributed by atoms with van der Waals surface area (Å²) in [6.07, 6.45) is 0. The molecule has 0 fully saturated rings. The Morgan fingerprint density at radius 1 is 0.750 bits per heavy atom. The summed E-state index contributed by atoms with van der Waals surface area (Å²) in [5, 5.41) is 0. The van der Waals surface area contributed by atoms with Crippen molar-refractivity contribution in [3.05, 3.63) is 66.7 Å². The fourth-order valence-corrected chi connectivity index (χ4v) is 2.29. The third-order valence-electron chi connectivity index (χ3n) is 3.29. The predicted molar refractivity (Wildman–Crippen MR) is 79.2 cm³/mol. The Balaban J connectivity index is 1.78. The summed E-state index contributed by atoms with van der Waals surface area (Å²) in [7, 11) is 0. The second-order valence-corrected chi connectivity index (χ2v) is 4.63. The molecule has 4 rings (SSSR count). The fraction of sp³-hybridized carbons (Fsp3) is 0. The highest BCUT2D eigenvalue weighted by atomic mass is 16.3. The minimum atomic E-state index is 0.750. The van der Waals surface area contributed by atoms with E-state index in [1.807, 2.05) is 66.7 Å². The highest BCUT2D eigenvalue weighted by Crippen LogP contribution is 2.27. The minimum Gasteiger partial charge on any atom is -0.453 e. The molecule has 3 nitrogen and oxygen atoms in total. The molecular formula is C17H12N2O. The van der Waals surface area contributed by atoms with Crippen LogP contribution in [-0.2, 0) is 0 Å². The SMILES string of the molecule is c1ccc(-c2ccc(-c3nc4ccccc4[nH]3)o2)cc1. The molecule has 2 aromatic heterocycles. The summed E-state index contributed by atoms with van der Waals surface area (Å²) in [5.41, 5.74) is 3.02. The summed E-state index contributed by atoms with van der Waals surface area (Å²) in [6.45, 7) is 0. The van der Waals surface area contributed by atoms with Gasteiger partial charge in [0.2, 0.25) is 0 Å². The summed E-state index contributed by atoms with van der Waals surface area (Å²) in [5.74, 6) is 2.36. The molecule has 20 heavy (non-hydrogen) atoms. The maximum absolute atomic E-state index is 5.89. The summed E-state index contributed by atoms with van der Waals surface area (Å²) < 4.78 is 5.89. The van der Waals surface area contributed by atoms with Crippen molar-refractivity contribution in [3.63, 3.8) is 0 Å². The maximum Gasteiger partial charge on any atom is 0.174 e. The van der Waals surface area contributed by atoms with Gasteiger partial charge in [0.1, 0.15) is 5.76 Å². The maximum atomic E-state index is 5.89. The van der Waals surface area contributed by atoms with E-state index >= 15 is 0 Å². The van der Waals surface area contributed by atoms with Gasteiger partial charge in [-0.3, -0.25) is 0 Å². The van der Waals surface area contributed by atoms with Crippen LogP contribution in [0.1, 0.15) is 0 Å². The first-order chi connectivity index (χ1) is 9.90. The van der Waals surface area contributed by atoms with E-state index in [0.717, 1.165) is 33.9 Å². The number of nitrogens with zero attached hydrogens (tertiary/aromatic N) is 1. The first kappa shape index (κ1) is 11.1. The number of furan rings is 1. The number of nitrogens with one attached hydrogen (secondary N) is 1. The molecule has 0 aliphatic rings. The van der Waals surface area contributed by atoms with Gasteiger partial charge in [-0.1, -0.05) is 42.5 Å². The smallest absolute Gasteiger partial charge is 0.174 e. The number of aromatic amines is 1. The molecule has 3 heteroatoms. The molecule has 0 bridgehead atoms. The number of para-hydroxylation sites is 2. The van der Waals surface area contributed by atoms with Crippen LogP contribution in [0.15, 0.2) is 71.1 Å². The van der Waals surface area contributed by atoms with Crippen molar-refractivity contribution in [3.8, 4) is 22.9 Å². The van der Waals surface area contributed by atoms with E-state index in [2.05, 4.69) is 9.97 Å². The Morgan fingerprint density at radius 3 is 2.35 bits per heavy atom. The normalized spacial score (nSPS) is 11.0. The molecule has 0 saturated carbocycles. The first-order valence-electron chi connectivity index (χ1n) is 6.50. The molecule has 96 valence electrons. The lowest BCUT2D eigenvalue weighted by Crippen LogP contribution is -1.75. The van der Waals surface area contributed by atoms with E-state index in [-0.39, 0.29) is 0 Å². The zero-order valence-electron chi connectivity index (χ0n) is 10.7. The molecule has 0 spiro atoms. The van der Waals surface area contributed by atoms with E-state index in [0.29, 0.717) is 0 Å². The van der Waals surface area contributed by atoms with E-state index < -0.39 is 0 Å². The van der Waals surface area contributed by atoms with Crippen LogP contribution in [0, 0.1) is 0 Å². The van der Waals surface area contributed by atoms with Crippen molar-refractivity contribution in [2.24, 2.45) is 0 Å². The van der Waals surface area contributed by atoms with E-state index in [9.17, 15) is 0 Å². The molecule has 0 saturated heterocycles. The predicted octanol–water partition coefficient (Wildman–Crippen LogP) is 4.49. The van der Waals surface area contributed by atoms with Gasteiger partial charge in [0, 0.05) is 5.56 Å². The van der Waals surface area contributed by atoms with Crippen LogP contribution >= 0.6 is 0 Å². The molecule has 0 aliphatic carbocycles. The standard InChI is InChI=1S/C17H12N2O/c1-2-6-12(7-3-1)15-10-11-16(20-15)17-18-13-8-4-5-9-14(13)19-17/h1-11H,(H,18,19). The molecule has 0 radical (unpaired) electrons. The van der Waals surface area contributed by atoms with Gasteiger partial charge < -0.3 is 9.40 Å². The van der Waals surface area contributed by atoms with E-state index in [1.165, 1.54) is 0 Å². The quantitative estimate of drug-likeness (QED) is 0.577. The third-order valence-corrected chi connectivity index (χ3v) is 3.29. The molecule has 4 aromatic rings. The Labute approximate surface area is 115 Å². The van der Waals surface area contributed by atoms with Gasteiger partial charge >= 0.3 is 0 Å². The Hall–Kier alpha value is -2.81. The second kappa shape index (κ2) is 4.38. The summed E-state index contributed by atoms with van der Waals surface area (Å²) in [6, 6.07) is 21.9. The Morgan fingerprint density at radius 2 is 1.50 bits per heavy atom. The lowest BCUT2D eigenvalue weighted by Gasteiger charge is -1.95. The van der Waals surface area contributed by atoms with Crippen LogP contribution < -0.4 is 0 Å². The van der Waals surface area contributed by atoms with Crippen molar-refractivity contribution in [2.75, 3.05) is 0 Å². The monoisotopic (exact) mass is 260 g/mol. The Bertz CT molecular complexity index is 826.